The third-order valence-corrected chi connectivity index (χ3v) is 4.48. The molecule has 0 aromatic heterocycles. The van der Waals surface area contributed by atoms with E-state index in [1.165, 1.54) is 11.1 Å². The van der Waals surface area contributed by atoms with Gasteiger partial charge >= 0.3 is 0 Å². The minimum atomic E-state index is 0.245. The molecule has 0 aliphatic heterocycles. The third-order valence-electron chi connectivity index (χ3n) is 4.20. The highest BCUT2D eigenvalue weighted by atomic mass is 35.5. The van der Waals surface area contributed by atoms with E-state index in [2.05, 4.69) is 31.2 Å². The van der Waals surface area contributed by atoms with Crippen LogP contribution in [-0.2, 0) is 12.8 Å². The predicted octanol–water partition coefficient (Wildman–Crippen LogP) is 4.59. The quantitative estimate of drug-likeness (QED) is 0.759. The lowest BCUT2D eigenvalue weighted by atomic mass is 9.91. The fourth-order valence-electron chi connectivity index (χ4n) is 2.82. The monoisotopic (exact) mass is 347 g/mol. The molecular weight excluding hydrogens is 322 g/mol. The van der Waals surface area contributed by atoms with Crippen LogP contribution in [0, 0.1) is 0 Å². The van der Waals surface area contributed by atoms with E-state index in [9.17, 15) is 0 Å². The minimum Gasteiger partial charge on any atom is -0.493 e. The molecule has 4 heteroatoms. The van der Waals surface area contributed by atoms with Crippen molar-refractivity contribution in [2.24, 2.45) is 5.73 Å². The first kappa shape index (κ1) is 18.6. The summed E-state index contributed by atoms with van der Waals surface area (Å²) in [5, 5.41) is 0.573. The molecule has 1 atom stereocenters. The Morgan fingerprint density at radius 3 is 2.33 bits per heavy atom. The minimum absolute atomic E-state index is 0.245. The Morgan fingerprint density at radius 1 is 1.08 bits per heavy atom. The van der Waals surface area contributed by atoms with Crippen LogP contribution in [0.15, 0.2) is 36.4 Å². The first-order chi connectivity index (χ1) is 11.6. The van der Waals surface area contributed by atoms with Gasteiger partial charge in [-0.15, -0.1) is 0 Å². The molecule has 0 aliphatic carbocycles. The smallest absolute Gasteiger partial charge is 0.179 e. The molecule has 2 aromatic rings. The van der Waals surface area contributed by atoms with Crippen molar-refractivity contribution in [3.63, 3.8) is 0 Å². The molecule has 3 nitrogen and oxygen atoms in total. The Labute approximate surface area is 149 Å². The average Bonchev–Trinajstić information content (AvgIpc) is 2.61. The number of nitrogens with two attached hydrogens (primary N) is 1. The van der Waals surface area contributed by atoms with E-state index in [0.29, 0.717) is 29.7 Å². The zero-order valence-electron chi connectivity index (χ0n) is 14.6. The average molecular weight is 348 g/mol. The number of methoxy groups -OCH3 is 1. The van der Waals surface area contributed by atoms with Crippen LogP contribution < -0.4 is 15.2 Å². The molecule has 0 aliphatic rings. The molecule has 0 heterocycles. The normalized spacial score (nSPS) is 12.0. The Bertz CT molecular complexity index is 655. The summed E-state index contributed by atoms with van der Waals surface area (Å²) in [5.41, 5.74) is 9.70. The standard InChI is InChI=1S/C20H26ClNO2/c1-4-14-6-8-16(9-7-14)17(13-22)10-15-11-18(21)20(24-5-2)19(12-15)23-3/h6-9,11-12,17H,4-5,10,13,22H2,1-3H3. The molecule has 24 heavy (non-hydrogen) atoms. The highest BCUT2D eigenvalue weighted by Crippen LogP contribution is 2.37. The molecule has 0 saturated heterocycles. The first-order valence-corrected chi connectivity index (χ1v) is 8.78. The van der Waals surface area contributed by atoms with Crippen LogP contribution in [-0.4, -0.2) is 20.3 Å². The number of hydrogen-bond acceptors (Lipinski definition) is 3. The van der Waals surface area contributed by atoms with Gasteiger partial charge in [0.05, 0.1) is 18.7 Å². The lowest BCUT2D eigenvalue weighted by Gasteiger charge is -2.18. The van der Waals surface area contributed by atoms with Crippen LogP contribution >= 0.6 is 11.6 Å². The molecule has 130 valence electrons. The van der Waals surface area contributed by atoms with E-state index in [0.717, 1.165) is 18.4 Å². The fraction of sp³-hybridized carbons (Fsp3) is 0.400. The first-order valence-electron chi connectivity index (χ1n) is 8.40. The summed E-state index contributed by atoms with van der Waals surface area (Å²) >= 11 is 6.37. The molecular formula is C20H26ClNO2. The SMILES string of the molecule is CCOc1c(Cl)cc(CC(CN)c2ccc(CC)cc2)cc1OC. The van der Waals surface area contributed by atoms with Crippen LogP contribution in [0.5, 0.6) is 11.5 Å². The molecule has 0 amide bonds. The van der Waals surface area contributed by atoms with E-state index < -0.39 is 0 Å². The van der Waals surface area contributed by atoms with E-state index in [-0.39, 0.29) is 5.92 Å². The van der Waals surface area contributed by atoms with Crippen LogP contribution in [0.1, 0.15) is 36.5 Å². The molecule has 0 fully saturated rings. The summed E-state index contributed by atoms with van der Waals surface area (Å²) in [5.74, 6) is 1.51. The molecule has 0 spiro atoms. The number of rotatable bonds is 8. The summed E-state index contributed by atoms with van der Waals surface area (Å²) in [6.45, 7) is 5.21. The second-order valence-electron chi connectivity index (χ2n) is 5.77. The van der Waals surface area contributed by atoms with Crippen molar-refractivity contribution in [1.82, 2.24) is 0 Å². The highest BCUT2D eigenvalue weighted by Gasteiger charge is 2.16. The molecule has 2 N–H and O–H groups in total. The molecule has 0 radical (unpaired) electrons. The molecule has 0 saturated carbocycles. The Morgan fingerprint density at radius 2 is 1.79 bits per heavy atom. The Hall–Kier alpha value is -1.71. The van der Waals surface area contributed by atoms with Gasteiger partial charge in [0.15, 0.2) is 11.5 Å². The zero-order chi connectivity index (χ0) is 17.5. The summed E-state index contributed by atoms with van der Waals surface area (Å²) in [7, 11) is 1.63. The summed E-state index contributed by atoms with van der Waals surface area (Å²) < 4.78 is 11.0. The number of aryl methyl sites for hydroxylation is 1. The zero-order valence-corrected chi connectivity index (χ0v) is 15.4. The van der Waals surface area contributed by atoms with Gasteiger partial charge < -0.3 is 15.2 Å². The van der Waals surface area contributed by atoms with Gasteiger partial charge in [-0.1, -0.05) is 42.8 Å². The van der Waals surface area contributed by atoms with Crippen LogP contribution in [0.3, 0.4) is 0 Å². The van der Waals surface area contributed by atoms with Crippen molar-refractivity contribution in [3.8, 4) is 11.5 Å². The van der Waals surface area contributed by atoms with E-state index >= 15 is 0 Å². The van der Waals surface area contributed by atoms with Gasteiger partial charge in [0.1, 0.15) is 0 Å². The predicted molar refractivity (Wildman–Crippen MR) is 100 cm³/mol. The second kappa shape index (κ2) is 8.95. The lowest BCUT2D eigenvalue weighted by molar-refractivity contribution is 0.311. The van der Waals surface area contributed by atoms with Crippen molar-refractivity contribution < 1.29 is 9.47 Å². The van der Waals surface area contributed by atoms with Crippen molar-refractivity contribution in [3.05, 3.63) is 58.1 Å². The number of ether oxygens (including phenoxy) is 2. The summed E-state index contributed by atoms with van der Waals surface area (Å²) in [6.07, 6.45) is 1.85. The van der Waals surface area contributed by atoms with Gasteiger partial charge in [-0.2, -0.15) is 0 Å². The van der Waals surface area contributed by atoms with E-state index in [1.807, 2.05) is 19.1 Å². The van der Waals surface area contributed by atoms with Gasteiger partial charge in [-0.25, -0.2) is 0 Å². The van der Waals surface area contributed by atoms with E-state index in [4.69, 9.17) is 26.8 Å². The molecule has 1 unspecified atom stereocenters. The third kappa shape index (κ3) is 4.43. The van der Waals surface area contributed by atoms with Crippen LogP contribution in [0.2, 0.25) is 5.02 Å². The lowest BCUT2D eigenvalue weighted by Crippen LogP contribution is -2.15. The Balaban J connectivity index is 2.25. The largest absolute Gasteiger partial charge is 0.493 e. The topological polar surface area (TPSA) is 44.5 Å². The van der Waals surface area contributed by atoms with Gasteiger partial charge in [0.2, 0.25) is 0 Å². The van der Waals surface area contributed by atoms with Crippen molar-refractivity contribution in [2.75, 3.05) is 20.3 Å². The maximum atomic E-state index is 6.37. The fourth-order valence-corrected chi connectivity index (χ4v) is 3.11. The van der Waals surface area contributed by atoms with Crippen molar-refractivity contribution in [1.29, 1.82) is 0 Å². The maximum absolute atomic E-state index is 6.37. The highest BCUT2D eigenvalue weighted by molar-refractivity contribution is 6.32. The summed E-state index contributed by atoms with van der Waals surface area (Å²) in [4.78, 5) is 0. The molecule has 2 aromatic carbocycles. The van der Waals surface area contributed by atoms with E-state index in [1.54, 1.807) is 7.11 Å². The van der Waals surface area contributed by atoms with Crippen molar-refractivity contribution >= 4 is 11.6 Å². The van der Waals surface area contributed by atoms with Crippen LogP contribution in [0.4, 0.5) is 0 Å². The van der Waals surface area contributed by atoms with Gasteiger partial charge in [-0.3, -0.25) is 0 Å². The van der Waals surface area contributed by atoms with Crippen LogP contribution in [0.25, 0.3) is 0 Å². The number of hydrogen-bond donors (Lipinski definition) is 1. The van der Waals surface area contributed by atoms with Gasteiger partial charge in [-0.05, 0) is 55.1 Å². The van der Waals surface area contributed by atoms with Gasteiger partial charge in [0, 0.05) is 5.92 Å². The van der Waals surface area contributed by atoms with Gasteiger partial charge in [0.25, 0.3) is 0 Å². The maximum Gasteiger partial charge on any atom is 0.179 e. The second-order valence-corrected chi connectivity index (χ2v) is 6.18. The Kier molecular flexibility index (Phi) is 6.95. The molecule has 2 rings (SSSR count). The summed E-state index contributed by atoms with van der Waals surface area (Å²) in [6, 6.07) is 12.6. The number of halogens is 1. The number of benzene rings is 2. The van der Waals surface area contributed by atoms with Crippen molar-refractivity contribution in [2.45, 2.75) is 32.6 Å². The molecule has 0 bridgehead atoms.